The first-order valence-electron chi connectivity index (χ1n) is 6.71. The Hall–Kier alpha value is -0.950. The average molecular weight is 284 g/mol. The summed E-state index contributed by atoms with van der Waals surface area (Å²) in [6.07, 6.45) is 2.77. The summed E-state index contributed by atoms with van der Waals surface area (Å²) in [5.74, 6) is -0.204. The number of carbonyl (C=O) groups excluding carboxylic acids is 1. The van der Waals surface area contributed by atoms with Crippen LogP contribution in [0.25, 0.3) is 0 Å². The van der Waals surface area contributed by atoms with E-state index < -0.39 is 7.26 Å². The Balaban J connectivity index is 2.84. The van der Waals surface area contributed by atoms with Crippen LogP contribution in [-0.4, -0.2) is 31.1 Å². The predicted octanol–water partition coefficient (Wildman–Crippen LogP) is 4.07. The van der Waals surface area contributed by atoms with Crippen molar-refractivity contribution in [3.8, 4) is 0 Å². The standard InChI is InChI=1S/C15H23FNOP/c1-6-19(5,7-2)10-14(18)17-15-11(3)8-13(16)9-12(15)4/h8-9H,6-7,10H2,1-5H3/p+1. The molecule has 0 fully saturated rings. The molecule has 19 heavy (non-hydrogen) atoms. The fourth-order valence-electron chi connectivity index (χ4n) is 2.08. The van der Waals surface area contributed by atoms with Gasteiger partial charge in [-0.3, -0.25) is 4.79 Å². The van der Waals surface area contributed by atoms with Crippen LogP contribution in [0.1, 0.15) is 25.0 Å². The minimum Gasteiger partial charge on any atom is -0.322 e. The van der Waals surface area contributed by atoms with Crippen LogP contribution in [0.15, 0.2) is 12.1 Å². The lowest BCUT2D eigenvalue weighted by Crippen LogP contribution is -2.21. The third-order valence-electron chi connectivity index (χ3n) is 3.81. The van der Waals surface area contributed by atoms with E-state index in [0.29, 0.717) is 6.16 Å². The minimum atomic E-state index is -1.15. The lowest BCUT2D eigenvalue weighted by atomic mass is 10.1. The molecule has 1 aromatic rings. The molecule has 0 saturated carbocycles. The Morgan fingerprint density at radius 1 is 1.21 bits per heavy atom. The van der Waals surface area contributed by atoms with Gasteiger partial charge >= 0.3 is 0 Å². The lowest BCUT2D eigenvalue weighted by Gasteiger charge is -2.20. The number of benzene rings is 1. The molecule has 0 radical (unpaired) electrons. The summed E-state index contributed by atoms with van der Waals surface area (Å²) in [4.78, 5) is 12.2. The van der Waals surface area contributed by atoms with E-state index in [9.17, 15) is 9.18 Å². The molecule has 0 spiro atoms. The molecule has 1 N–H and O–H groups in total. The van der Waals surface area contributed by atoms with Crippen molar-refractivity contribution in [1.29, 1.82) is 0 Å². The summed E-state index contributed by atoms with van der Waals surface area (Å²) in [7, 11) is -1.15. The molecular formula is C15H24FNOP+. The second-order valence-electron chi connectivity index (χ2n) is 5.37. The van der Waals surface area contributed by atoms with Gasteiger partial charge in [-0.05, 0) is 51.0 Å². The van der Waals surface area contributed by atoms with Crippen LogP contribution in [0.2, 0.25) is 0 Å². The van der Waals surface area contributed by atoms with Gasteiger partial charge in [-0.15, -0.1) is 0 Å². The highest BCUT2D eigenvalue weighted by atomic mass is 31.2. The van der Waals surface area contributed by atoms with E-state index in [4.69, 9.17) is 0 Å². The van der Waals surface area contributed by atoms with Crippen LogP contribution < -0.4 is 5.32 Å². The molecule has 0 aliphatic rings. The minimum absolute atomic E-state index is 0.0531. The van der Waals surface area contributed by atoms with Gasteiger partial charge in [0.15, 0.2) is 0 Å². The number of nitrogens with one attached hydrogen (secondary N) is 1. The van der Waals surface area contributed by atoms with Crippen molar-refractivity contribution < 1.29 is 9.18 Å². The van der Waals surface area contributed by atoms with Gasteiger partial charge in [0, 0.05) is 19.6 Å². The van der Waals surface area contributed by atoms with Crippen LogP contribution in [-0.2, 0) is 4.79 Å². The smallest absolute Gasteiger partial charge is 0.261 e. The van der Waals surface area contributed by atoms with E-state index in [-0.39, 0.29) is 11.7 Å². The maximum atomic E-state index is 13.2. The van der Waals surface area contributed by atoms with E-state index in [1.54, 1.807) is 0 Å². The van der Waals surface area contributed by atoms with Crippen molar-refractivity contribution >= 4 is 18.9 Å². The molecule has 4 heteroatoms. The zero-order chi connectivity index (χ0) is 14.6. The van der Waals surface area contributed by atoms with Gasteiger partial charge in [-0.1, -0.05) is 0 Å². The number of rotatable bonds is 5. The van der Waals surface area contributed by atoms with Crippen molar-refractivity contribution in [3.63, 3.8) is 0 Å². The maximum absolute atomic E-state index is 13.2. The predicted molar refractivity (Wildman–Crippen MR) is 83.3 cm³/mol. The van der Waals surface area contributed by atoms with E-state index in [1.165, 1.54) is 12.1 Å². The molecule has 0 unspecified atom stereocenters. The highest BCUT2D eigenvalue weighted by Gasteiger charge is 2.30. The second-order valence-corrected chi connectivity index (χ2v) is 10.2. The molecular weight excluding hydrogens is 260 g/mol. The number of anilines is 1. The first kappa shape index (κ1) is 16.1. The molecule has 0 bridgehead atoms. The Morgan fingerprint density at radius 2 is 1.68 bits per heavy atom. The number of amides is 1. The molecule has 2 nitrogen and oxygen atoms in total. The lowest BCUT2D eigenvalue weighted by molar-refractivity contribution is -0.113. The van der Waals surface area contributed by atoms with Crippen molar-refractivity contribution in [1.82, 2.24) is 0 Å². The highest BCUT2D eigenvalue weighted by molar-refractivity contribution is 7.75. The Bertz CT molecular complexity index is 446. The SMILES string of the molecule is CC[P+](C)(CC)CC(=O)Nc1c(C)cc(F)cc1C. The average Bonchev–Trinajstić information content (AvgIpc) is 2.33. The Kier molecular flexibility index (Phi) is 5.49. The number of hydrogen-bond acceptors (Lipinski definition) is 1. The second kappa shape index (κ2) is 6.47. The summed E-state index contributed by atoms with van der Waals surface area (Å²) in [6.45, 7) is 10.2. The highest BCUT2D eigenvalue weighted by Crippen LogP contribution is 2.53. The number of hydrogen-bond donors (Lipinski definition) is 1. The molecule has 0 heterocycles. The fourth-order valence-corrected chi connectivity index (χ4v) is 3.75. The Morgan fingerprint density at radius 3 is 2.11 bits per heavy atom. The van der Waals surface area contributed by atoms with Gasteiger partial charge in [0.1, 0.15) is 12.0 Å². The van der Waals surface area contributed by atoms with Gasteiger partial charge in [0.05, 0.1) is 12.3 Å². The maximum Gasteiger partial charge on any atom is 0.261 e. The summed E-state index contributed by atoms with van der Waals surface area (Å²) < 4.78 is 13.2. The first-order valence-corrected chi connectivity index (χ1v) is 9.50. The van der Waals surface area contributed by atoms with Gasteiger partial charge in [-0.25, -0.2) is 4.39 Å². The largest absolute Gasteiger partial charge is 0.322 e. The molecule has 0 saturated heterocycles. The third-order valence-corrected chi connectivity index (χ3v) is 7.92. The van der Waals surface area contributed by atoms with Crippen LogP contribution in [0, 0.1) is 19.7 Å². The topological polar surface area (TPSA) is 29.1 Å². The van der Waals surface area contributed by atoms with Gasteiger partial charge < -0.3 is 5.32 Å². The molecule has 0 aromatic heterocycles. The van der Waals surface area contributed by atoms with E-state index >= 15 is 0 Å². The summed E-state index contributed by atoms with van der Waals surface area (Å²) >= 11 is 0. The van der Waals surface area contributed by atoms with Gasteiger partial charge in [0.2, 0.25) is 0 Å². The quantitative estimate of drug-likeness (QED) is 0.811. The van der Waals surface area contributed by atoms with Crippen LogP contribution in [0.4, 0.5) is 10.1 Å². The normalized spacial score (nSPS) is 11.5. The number of carbonyl (C=O) groups is 1. The first-order chi connectivity index (χ1) is 8.81. The zero-order valence-electron chi connectivity index (χ0n) is 12.5. The monoisotopic (exact) mass is 284 g/mol. The molecule has 106 valence electrons. The molecule has 1 rings (SSSR count). The summed E-state index contributed by atoms with van der Waals surface area (Å²) in [6, 6.07) is 2.91. The third kappa shape index (κ3) is 4.28. The van der Waals surface area contributed by atoms with Gasteiger partial charge in [-0.2, -0.15) is 0 Å². The van der Waals surface area contributed by atoms with Crippen LogP contribution in [0.3, 0.4) is 0 Å². The van der Waals surface area contributed by atoms with E-state index in [2.05, 4.69) is 25.8 Å². The van der Waals surface area contributed by atoms with E-state index in [1.807, 2.05) is 13.8 Å². The van der Waals surface area contributed by atoms with Crippen LogP contribution >= 0.6 is 7.26 Å². The number of aryl methyl sites for hydroxylation is 2. The molecule has 0 aliphatic heterocycles. The molecule has 1 amide bonds. The van der Waals surface area contributed by atoms with Crippen molar-refractivity contribution in [2.45, 2.75) is 27.7 Å². The van der Waals surface area contributed by atoms with Crippen LogP contribution in [0.5, 0.6) is 0 Å². The summed E-state index contributed by atoms with van der Waals surface area (Å²) in [5, 5.41) is 2.95. The Labute approximate surface area is 116 Å². The fraction of sp³-hybridized carbons (Fsp3) is 0.533. The van der Waals surface area contributed by atoms with Crippen molar-refractivity contribution in [2.75, 3.05) is 30.5 Å². The molecule has 0 aliphatic carbocycles. The number of halogens is 1. The van der Waals surface area contributed by atoms with Crippen molar-refractivity contribution in [3.05, 3.63) is 29.1 Å². The molecule has 1 aromatic carbocycles. The zero-order valence-corrected chi connectivity index (χ0v) is 13.4. The van der Waals surface area contributed by atoms with Crippen molar-refractivity contribution in [2.24, 2.45) is 0 Å². The summed E-state index contributed by atoms with van der Waals surface area (Å²) in [5.41, 5.74) is 2.31. The van der Waals surface area contributed by atoms with E-state index in [0.717, 1.165) is 29.1 Å². The molecule has 0 atom stereocenters. The van der Waals surface area contributed by atoms with Gasteiger partial charge in [0.25, 0.3) is 5.91 Å².